The van der Waals surface area contributed by atoms with E-state index in [0.29, 0.717) is 28.0 Å². The van der Waals surface area contributed by atoms with Crippen LogP contribution >= 0.6 is 27.5 Å². The Morgan fingerprint density at radius 1 is 1.33 bits per heavy atom. The van der Waals surface area contributed by atoms with Gasteiger partial charge in [-0.3, -0.25) is 4.79 Å². The van der Waals surface area contributed by atoms with Crippen LogP contribution in [0.25, 0.3) is 0 Å². The van der Waals surface area contributed by atoms with Crippen molar-refractivity contribution >= 4 is 45.2 Å². The molecule has 0 aliphatic heterocycles. The number of carbonyl (C=O) groups is 2. The zero-order valence-corrected chi connectivity index (χ0v) is 13.6. The Balaban J connectivity index is 1.92. The molecule has 0 spiro atoms. The fourth-order valence-electron chi connectivity index (χ4n) is 2.49. The minimum atomic E-state index is -0.792. The van der Waals surface area contributed by atoms with Crippen molar-refractivity contribution in [2.45, 2.75) is 31.7 Å². The molecule has 2 amide bonds. The molecule has 2 rings (SSSR count). The van der Waals surface area contributed by atoms with Gasteiger partial charge in [-0.05, 0) is 47.3 Å². The Bertz CT molecular complexity index is 553. The van der Waals surface area contributed by atoms with Gasteiger partial charge in [0.1, 0.15) is 0 Å². The lowest BCUT2D eigenvalue weighted by Gasteiger charge is -2.27. The molecule has 0 saturated heterocycles. The van der Waals surface area contributed by atoms with E-state index in [0.717, 1.165) is 12.8 Å². The molecule has 1 aliphatic rings. The van der Waals surface area contributed by atoms with Crippen molar-refractivity contribution in [3.63, 3.8) is 0 Å². The predicted molar refractivity (Wildman–Crippen MR) is 84.7 cm³/mol. The van der Waals surface area contributed by atoms with Crippen LogP contribution in [0.15, 0.2) is 22.7 Å². The quantitative estimate of drug-likeness (QED) is 0.750. The van der Waals surface area contributed by atoms with Gasteiger partial charge in [0.25, 0.3) is 0 Å². The van der Waals surface area contributed by atoms with Crippen molar-refractivity contribution in [1.82, 2.24) is 5.32 Å². The largest absolute Gasteiger partial charge is 0.481 e. The fraction of sp³-hybridized carbons (Fsp3) is 0.429. The number of carboxylic acids is 1. The van der Waals surface area contributed by atoms with E-state index in [-0.39, 0.29) is 18.0 Å². The van der Waals surface area contributed by atoms with Crippen LogP contribution in [-0.2, 0) is 4.79 Å². The number of anilines is 1. The number of carboxylic acid groups (broad SMARTS) is 1. The molecule has 1 fully saturated rings. The summed E-state index contributed by atoms with van der Waals surface area (Å²) in [6.45, 7) is 0. The predicted octanol–water partition coefficient (Wildman–Crippen LogP) is 3.87. The number of aliphatic carboxylic acids is 1. The molecule has 1 aliphatic carbocycles. The average Bonchev–Trinajstić information content (AvgIpc) is 2.44. The molecule has 1 aromatic carbocycles. The van der Waals surface area contributed by atoms with Gasteiger partial charge in [-0.15, -0.1) is 0 Å². The van der Waals surface area contributed by atoms with E-state index in [1.807, 2.05) is 0 Å². The minimum Gasteiger partial charge on any atom is -0.481 e. The Morgan fingerprint density at radius 2 is 2.10 bits per heavy atom. The fourth-order valence-corrected chi connectivity index (χ4v) is 3.03. The summed E-state index contributed by atoms with van der Waals surface area (Å²) in [6, 6.07) is 4.72. The van der Waals surface area contributed by atoms with Crippen LogP contribution < -0.4 is 10.6 Å². The first-order valence-electron chi connectivity index (χ1n) is 6.71. The van der Waals surface area contributed by atoms with E-state index >= 15 is 0 Å². The number of halogens is 2. The van der Waals surface area contributed by atoms with Crippen molar-refractivity contribution in [2.24, 2.45) is 5.92 Å². The van der Waals surface area contributed by atoms with Crippen molar-refractivity contribution in [3.05, 3.63) is 27.7 Å². The van der Waals surface area contributed by atoms with Gasteiger partial charge in [-0.2, -0.15) is 0 Å². The van der Waals surface area contributed by atoms with Gasteiger partial charge in [0.15, 0.2) is 0 Å². The van der Waals surface area contributed by atoms with Crippen LogP contribution in [-0.4, -0.2) is 23.1 Å². The third-order valence-electron chi connectivity index (χ3n) is 3.56. The topological polar surface area (TPSA) is 78.4 Å². The van der Waals surface area contributed by atoms with E-state index in [2.05, 4.69) is 26.6 Å². The molecular weight excluding hydrogens is 360 g/mol. The summed E-state index contributed by atoms with van der Waals surface area (Å²) in [6.07, 6.45) is 2.76. The van der Waals surface area contributed by atoms with Gasteiger partial charge in [0, 0.05) is 6.04 Å². The van der Waals surface area contributed by atoms with Crippen molar-refractivity contribution in [3.8, 4) is 0 Å². The summed E-state index contributed by atoms with van der Waals surface area (Å²) in [7, 11) is 0. The highest BCUT2D eigenvalue weighted by molar-refractivity contribution is 9.10. The van der Waals surface area contributed by atoms with E-state index in [4.69, 9.17) is 16.7 Å². The molecule has 1 saturated carbocycles. The lowest BCUT2D eigenvalue weighted by atomic mass is 9.86. The first kappa shape index (κ1) is 16.1. The van der Waals surface area contributed by atoms with Crippen LogP contribution in [0.2, 0.25) is 5.02 Å². The number of hydrogen-bond donors (Lipinski definition) is 3. The van der Waals surface area contributed by atoms with Crippen LogP contribution in [0.1, 0.15) is 25.7 Å². The summed E-state index contributed by atoms with van der Waals surface area (Å²) in [4.78, 5) is 23.0. The molecule has 2 atom stereocenters. The van der Waals surface area contributed by atoms with E-state index < -0.39 is 5.97 Å². The van der Waals surface area contributed by atoms with Crippen molar-refractivity contribution in [2.75, 3.05) is 5.32 Å². The molecule has 7 heteroatoms. The third-order valence-corrected chi connectivity index (χ3v) is 4.96. The second kappa shape index (κ2) is 7.13. The highest BCUT2D eigenvalue weighted by Crippen LogP contribution is 2.30. The van der Waals surface area contributed by atoms with Crippen LogP contribution in [0.3, 0.4) is 0 Å². The van der Waals surface area contributed by atoms with E-state index in [9.17, 15) is 9.59 Å². The highest BCUT2D eigenvalue weighted by Gasteiger charge is 2.27. The molecule has 5 nitrogen and oxygen atoms in total. The van der Waals surface area contributed by atoms with Crippen molar-refractivity contribution < 1.29 is 14.7 Å². The zero-order chi connectivity index (χ0) is 15.4. The molecule has 1 aromatic rings. The monoisotopic (exact) mass is 374 g/mol. The van der Waals surface area contributed by atoms with Gasteiger partial charge >= 0.3 is 12.0 Å². The van der Waals surface area contributed by atoms with E-state index in [1.165, 1.54) is 0 Å². The number of hydrogen-bond acceptors (Lipinski definition) is 2. The highest BCUT2D eigenvalue weighted by atomic mass is 79.9. The molecule has 3 N–H and O–H groups in total. The summed E-state index contributed by atoms with van der Waals surface area (Å²) < 4.78 is 0.619. The molecule has 114 valence electrons. The van der Waals surface area contributed by atoms with Crippen LogP contribution in [0, 0.1) is 5.92 Å². The Kier molecular flexibility index (Phi) is 5.47. The maximum atomic E-state index is 12.0. The summed E-state index contributed by atoms with van der Waals surface area (Å²) >= 11 is 9.27. The van der Waals surface area contributed by atoms with E-state index in [1.54, 1.807) is 18.2 Å². The Labute approximate surface area is 136 Å². The molecule has 0 bridgehead atoms. The summed E-state index contributed by atoms with van der Waals surface area (Å²) in [5.74, 6) is -1.17. The molecule has 21 heavy (non-hydrogen) atoms. The molecule has 0 heterocycles. The smallest absolute Gasteiger partial charge is 0.319 e. The third kappa shape index (κ3) is 4.35. The second-order valence-electron chi connectivity index (χ2n) is 5.10. The first-order valence-corrected chi connectivity index (χ1v) is 7.89. The van der Waals surface area contributed by atoms with Crippen LogP contribution in [0.4, 0.5) is 10.5 Å². The minimum absolute atomic E-state index is 0.113. The maximum absolute atomic E-state index is 12.0. The maximum Gasteiger partial charge on any atom is 0.319 e. The van der Waals surface area contributed by atoms with Crippen molar-refractivity contribution in [1.29, 1.82) is 0 Å². The normalized spacial score (nSPS) is 21.6. The second-order valence-corrected chi connectivity index (χ2v) is 6.30. The molecule has 0 aromatic heterocycles. The number of rotatable bonds is 3. The zero-order valence-electron chi connectivity index (χ0n) is 11.2. The molecular formula is C14H16BrClN2O3. The van der Waals surface area contributed by atoms with Gasteiger partial charge in [-0.1, -0.05) is 24.1 Å². The Morgan fingerprint density at radius 3 is 2.81 bits per heavy atom. The number of benzene rings is 1. The number of nitrogens with one attached hydrogen (secondary N) is 2. The first-order chi connectivity index (χ1) is 9.97. The number of carbonyl (C=O) groups excluding carboxylic acids is 1. The number of amides is 2. The number of urea groups is 1. The van der Waals surface area contributed by atoms with Gasteiger partial charge in [0.2, 0.25) is 0 Å². The lowest BCUT2D eigenvalue weighted by molar-refractivity contribution is -0.143. The average molecular weight is 376 g/mol. The molecule has 2 unspecified atom stereocenters. The van der Waals surface area contributed by atoms with Gasteiger partial charge in [0.05, 0.1) is 21.1 Å². The van der Waals surface area contributed by atoms with Gasteiger partial charge < -0.3 is 15.7 Å². The lowest BCUT2D eigenvalue weighted by Crippen LogP contribution is -2.42. The summed E-state index contributed by atoms with van der Waals surface area (Å²) in [5.41, 5.74) is 0.575. The standard InChI is InChI=1S/C14H16BrClN2O3/c15-12-10(16)5-2-6-11(12)18-14(21)17-9-4-1-3-8(7-9)13(19)20/h2,5-6,8-9H,1,3-4,7H2,(H,19,20)(H2,17,18,21). The van der Waals surface area contributed by atoms with Crippen LogP contribution in [0.5, 0.6) is 0 Å². The van der Waals surface area contributed by atoms with Gasteiger partial charge in [-0.25, -0.2) is 4.79 Å². The SMILES string of the molecule is O=C(Nc1cccc(Cl)c1Br)NC1CCCC(C(=O)O)C1. The molecule has 0 radical (unpaired) electrons. The Hall–Kier alpha value is -1.27. The summed E-state index contributed by atoms with van der Waals surface area (Å²) in [5, 5.41) is 15.1.